The van der Waals surface area contributed by atoms with Gasteiger partial charge in [-0.25, -0.2) is 0 Å². The monoisotopic (exact) mass is 2090 g/mol. The first-order valence-corrected chi connectivity index (χ1v) is 47.0. The molecule has 0 bridgehead atoms. The van der Waals surface area contributed by atoms with E-state index in [1.807, 2.05) is 0 Å². The summed E-state index contributed by atoms with van der Waals surface area (Å²) in [5, 5.41) is 21.7. The van der Waals surface area contributed by atoms with E-state index in [0.717, 1.165) is 38.5 Å². The van der Waals surface area contributed by atoms with Crippen LogP contribution in [0.15, 0.2) is 0 Å². The lowest BCUT2D eigenvalue weighted by atomic mass is 9.90. The minimum atomic E-state index is -1.28. The summed E-state index contributed by atoms with van der Waals surface area (Å²) < 4.78 is 106. The fourth-order valence-corrected chi connectivity index (χ4v) is 11.8. The number of rotatable bonds is 90. The Labute approximate surface area is 856 Å². The van der Waals surface area contributed by atoms with Crippen LogP contribution in [0.3, 0.4) is 0 Å². The van der Waals surface area contributed by atoms with Crippen molar-refractivity contribution in [3.8, 4) is 0 Å². The highest BCUT2D eigenvalue weighted by Gasteiger charge is 2.37. The Morgan fingerprint density at radius 3 is 0.621 bits per heavy atom. The molecule has 0 saturated carbocycles. The second-order valence-corrected chi connectivity index (χ2v) is 33.3. The average molecular weight is 2090 g/mol. The topological polar surface area (TPSA) is 622 Å². The van der Waals surface area contributed by atoms with Crippen LogP contribution in [0, 0.1) is 0 Å². The molecule has 0 radical (unpaired) electrons. The van der Waals surface area contributed by atoms with Gasteiger partial charge in [0.25, 0.3) is 0 Å². The Kier molecular flexibility index (Phi) is 96.1. The van der Waals surface area contributed by atoms with Crippen LogP contribution in [0.25, 0.3) is 0 Å². The first-order valence-electron chi connectivity index (χ1n) is 47.0. The number of Topliss-reactive ketones (excluding diaryl/α,β-unsaturated/α-hetero) is 12. The maximum absolute atomic E-state index is 12.9. The summed E-state index contributed by atoms with van der Waals surface area (Å²) in [4.78, 5) is 232. The van der Waals surface area contributed by atoms with Crippen molar-refractivity contribution in [2.75, 3.05) is 258 Å². The van der Waals surface area contributed by atoms with E-state index in [2.05, 4.69) is 84.1 Å². The summed E-state index contributed by atoms with van der Waals surface area (Å²) in [6.45, 7) is 27.6. The van der Waals surface area contributed by atoms with E-state index in [4.69, 9.17) is 94.7 Å². The Morgan fingerprint density at radius 1 is 0.214 bits per heavy atom. The molecule has 0 aromatic rings. The first-order chi connectivity index (χ1) is 67.2. The molecule has 48 nitrogen and oxygen atoms in total. The summed E-state index contributed by atoms with van der Waals surface area (Å²) in [5.41, 5.74) is -2.81. The van der Waals surface area contributed by atoms with Crippen LogP contribution < -0.4 is 42.5 Å². The number of carbonyl (C=O) groups excluding carboxylic acids is 20. The highest BCUT2D eigenvalue weighted by Crippen LogP contribution is 2.21. The molecule has 2 unspecified atom stereocenters. The summed E-state index contributed by atoms with van der Waals surface area (Å²) >= 11 is 0. The third-order valence-electron chi connectivity index (χ3n) is 19.2. The van der Waals surface area contributed by atoms with Crippen LogP contribution >= 0.6 is 0 Å². The number of carbonyl (C=O) groups is 20. The maximum atomic E-state index is 12.9. The molecule has 0 spiro atoms. The molecule has 2 atom stereocenters. The lowest BCUT2D eigenvalue weighted by Gasteiger charge is -2.34. The van der Waals surface area contributed by atoms with Gasteiger partial charge in [0.05, 0.1) is 156 Å². The molecule has 8 N–H and O–H groups in total. The number of methoxy groups -OCH3 is 1. The number of amides is 8. The van der Waals surface area contributed by atoms with E-state index in [1.54, 1.807) is 6.92 Å². The second kappa shape index (κ2) is 93.5. The molecule has 0 heterocycles. The third-order valence-corrected chi connectivity index (χ3v) is 19.2. The molecule has 8 amide bonds. The van der Waals surface area contributed by atoms with E-state index in [0.29, 0.717) is 19.8 Å². The van der Waals surface area contributed by atoms with Crippen molar-refractivity contribution < 1.29 is 191 Å². The van der Waals surface area contributed by atoms with Crippen LogP contribution in [0.2, 0.25) is 0 Å². The first kappa shape index (κ1) is 149. The maximum Gasteiger partial charge on any atom is 0.246 e. The van der Waals surface area contributed by atoms with Crippen molar-refractivity contribution in [3.05, 3.63) is 0 Å². The zero-order valence-corrected chi connectivity index (χ0v) is 87.2. The van der Waals surface area contributed by atoms with Crippen LogP contribution in [0.4, 0.5) is 0 Å². The second-order valence-electron chi connectivity index (χ2n) is 33.3. The van der Waals surface area contributed by atoms with E-state index < -0.39 is 83.9 Å². The minimum absolute atomic E-state index is 0. The normalized spacial score (nSPS) is 11.5. The average Bonchev–Trinajstić information content (AvgIpc) is 0.888. The standard InChI is InChI=1S/C32H56N2O16.C24H40N2O12.C20H40N2O4.C18H28N2O8.3CH4/c1-7-42-24-50-23-32(21-48-14-27(4)37,22-49-15-28(5)38)34-30(40)17-44-11-10-43-16-29(39)33-31(18-45-9-8-41-6,19-46-12-25(2)35)20-47-13-26(3)36;1-17(27)7-35-11-21(12-36-8-18(2)28)25-23(31)15-33-5-6-34-16-24(32)26-22(13-37-9-19(3)29)14-38-10-20(4)30;1-7-19(8-2,9-3)21-17(23)15-25-13-14-26-16-18(24)22-20(10-4,11-5)12-6;1-11(21)7-15(13(3)23)19-17(25)9-27-5-6-28-10-18(26)20-16(14(4)24)8-12(2)22;;;/h7-24H2,1-6H3,(H,33,39)(H,34,40);21-22H,5-16H2,1-4H3,(H,25,31)(H,26,32);7-16H2,1-6H3,(H,21,23)(H,22,24);15-16H,5-10H2,1-4H3,(H,19,25)(H,20,26);3*1H4. The van der Waals surface area contributed by atoms with Crippen LogP contribution in [0.1, 0.15) is 205 Å². The Morgan fingerprint density at radius 2 is 0.414 bits per heavy atom. The van der Waals surface area contributed by atoms with E-state index in [1.165, 1.54) is 90.2 Å². The van der Waals surface area contributed by atoms with Gasteiger partial charge >= 0.3 is 0 Å². The fourth-order valence-electron chi connectivity index (χ4n) is 11.8. The molecule has 0 rings (SSSR count). The SMILES string of the molecule is C.C.C.CC(=O)CC(NC(=O)COCCOCC(=O)NC(CC(C)=O)C(C)=O)C(C)=O.CC(=O)COCC(COCC(C)=O)NC(=O)COCCOCC(=O)NC(COCC(C)=O)COCC(C)=O.CCC(CC)(CC)NC(=O)COCCOCC(=O)NC(CC)(CC)CC.CCOCOCC(COCC(C)=O)(COCC(C)=O)NC(=O)COCCOCC(=O)NC(COCCOC)(COCC(C)=O)COCC(C)=O. The number of nitrogens with one attached hydrogen (secondary N) is 8. The smallest absolute Gasteiger partial charge is 0.246 e. The van der Waals surface area contributed by atoms with Gasteiger partial charge in [-0.2, -0.15) is 0 Å². The van der Waals surface area contributed by atoms with Gasteiger partial charge in [0.1, 0.15) is 135 Å². The largest absolute Gasteiger partial charge is 0.382 e. The lowest BCUT2D eigenvalue weighted by Crippen LogP contribution is -2.59. The summed E-state index contributed by atoms with van der Waals surface area (Å²) in [7, 11) is 1.51. The van der Waals surface area contributed by atoms with Gasteiger partial charge in [-0.05, 0) is 129 Å². The van der Waals surface area contributed by atoms with Gasteiger partial charge in [-0.3, -0.25) is 95.9 Å². The van der Waals surface area contributed by atoms with Gasteiger partial charge in [0, 0.05) is 37.6 Å². The quantitative estimate of drug-likeness (QED) is 0.0316. The van der Waals surface area contributed by atoms with Gasteiger partial charge in [0.15, 0.2) is 57.8 Å². The van der Waals surface area contributed by atoms with E-state index in [9.17, 15) is 95.9 Å². The van der Waals surface area contributed by atoms with Gasteiger partial charge in [-0.1, -0.05) is 63.8 Å². The molecule has 0 aliphatic heterocycles. The van der Waals surface area contributed by atoms with Crippen molar-refractivity contribution in [1.82, 2.24) is 42.5 Å². The van der Waals surface area contributed by atoms with Gasteiger partial charge < -0.3 is 137 Å². The Hall–Kier alpha value is -9.00. The molecule has 0 aromatic heterocycles. The highest BCUT2D eigenvalue weighted by molar-refractivity contribution is 5.93. The molecule has 48 heteroatoms. The predicted octanol–water partition coefficient (Wildman–Crippen LogP) is 1.46. The fraction of sp³-hybridized carbons (Fsp3) is 0.794. The van der Waals surface area contributed by atoms with E-state index in [-0.39, 0.29) is 346 Å². The minimum Gasteiger partial charge on any atom is -0.382 e. The Balaban J connectivity index is -0.000000359. The zero-order valence-electron chi connectivity index (χ0n) is 87.2. The van der Waals surface area contributed by atoms with Crippen molar-refractivity contribution in [3.63, 3.8) is 0 Å². The molecule has 145 heavy (non-hydrogen) atoms. The van der Waals surface area contributed by atoms with Crippen LogP contribution in [-0.4, -0.2) is 421 Å². The lowest BCUT2D eigenvalue weighted by molar-refractivity contribution is -0.140. The van der Waals surface area contributed by atoms with Crippen molar-refractivity contribution in [2.24, 2.45) is 0 Å². The molecule has 0 aliphatic carbocycles. The molecule has 0 saturated heterocycles. The Bertz CT molecular complexity index is 3350. The number of ether oxygens (including phenoxy) is 20. The van der Waals surface area contributed by atoms with Crippen molar-refractivity contribution in [2.45, 2.75) is 252 Å². The van der Waals surface area contributed by atoms with E-state index >= 15 is 0 Å². The third kappa shape index (κ3) is 89.9. The summed E-state index contributed by atoms with van der Waals surface area (Å²) in [6.07, 6.45) is 5.25. The molecule has 0 fully saturated rings. The molecular weight excluding hydrogens is 1920 g/mol. The van der Waals surface area contributed by atoms with Crippen molar-refractivity contribution in [1.29, 1.82) is 0 Å². The van der Waals surface area contributed by atoms with Crippen LogP contribution in [-0.2, 0) is 191 Å². The predicted molar refractivity (Wildman–Crippen MR) is 529 cm³/mol. The molecule has 0 aromatic carbocycles. The number of hydrogen-bond acceptors (Lipinski definition) is 40. The summed E-state index contributed by atoms with van der Waals surface area (Å²) in [5.74, 6) is -6.07. The number of hydrogen-bond donors (Lipinski definition) is 8. The van der Waals surface area contributed by atoms with Crippen molar-refractivity contribution >= 4 is 117 Å². The van der Waals surface area contributed by atoms with Crippen LogP contribution in [0.5, 0.6) is 0 Å². The molecule has 844 valence electrons. The summed E-state index contributed by atoms with van der Waals surface area (Å²) in [6, 6.07) is -2.93. The zero-order chi connectivity index (χ0) is 108. The molecule has 0 aliphatic rings. The highest BCUT2D eigenvalue weighted by atomic mass is 16.7. The number of ketones is 12. The van der Waals surface area contributed by atoms with Gasteiger partial charge in [0.2, 0.25) is 47.3 Å². The van der Waals surface area contributed by atoms with Gasteiger partial charge in [-0.15, -0.1) is 0 Å². The molecular formula is C97H176N8O40.